The van der Waals surface area contributed by atoms with Gasteiger partial charge in [-0.2, -0.15) is 0 Å². The molecule has 0 spiro atoms. The van der Waals surface area contributed by atoms with Crippen LogP contribution in [0.1, 0.15) is 25.7 Å². The molecule has 1 aliphatic carbocycles. The summed E-state index contributed by atoms with van der Waals surface area (Å²) in [6.45, 7) is 4.84. The van der Waals surface area contributed by atoms with E-state index in [-0.39, 0.29) is 0 Å². The summed E-state index contributed by atoms with van der Waals surface area (Å²) in [6, 6.07) is 0. The van der Waals surface area contributed by atoms with Crippen LogP contribution in [-0.2, 0) is 0 Å². The SMILES string of the molecule is NC[C@@H]1CCCN(CC2CC2)C1. The first-order valence-electron chi connectivity index (χ1n) is 5.31. The molecule has 12 heavy (non-hydrogen) atoms. The van der Waals surface area contributed by atoms with Crippen molar-refractivity contribution in [2.45, 2.75) is 25.7 Å². The molecule has 2 heteroatoms. The van der Waals surface area contributed by atoms with Gasteiger partial charge < -0.3 is 10.6 Å². The third-order valence-electron chi connectivity index (χ3n) is 3.15. The minimum absolute atomic E-state index is 0.789. The lowest BCUT2D eigenvalue weighted by atomic mass is 9.98. The molecule has 0 radical (unpaired) electrons. The monoisotopic (exact) mass is 168 g/mol. The number of likely N-dealkylation sites (tertiary alicyclic amines) is 1. The maximum Gasteiger partial charge on any atom is 0.00218 e. The molecular weight excluding hydrogens is 148 g/mol. The minimum Gasteiger partial charge on any atom is -0.330 e. The fourth-order valence-electron chi connectivity index (χ4n) is 2.18. The van der Waals surface area contributed by atoms with Gasteiger partial charge in [-0.3, -0.25) is 0 Å². The van der Waals surface area contributed by atoms with E-state index in [0.717, 1.165) is 18.4 Å². The minimum atomic E-state index is 0.789. The second kappa shape index (κ2) is 3.75. The molecule has 1 aliphatic heterocycles. The standard InChI is InChI=1S/C10H20N2/c11-6-10-2-1-5-12(8-10)7-9-3-4-9/h9-10H,1-8,11H2/t10-/m0/s1. The van der Waals surface area contributed by atoms with E-state index in [2.05, 4.69) is 4.90 Å². The van der Waals surface area contributed by atoms with Gasteiger partial charge in [0.05, 0.1) is 0 Å². The number of piperidine rings is 1. The molecule has 0 aromatic rings. The van der Waals surface area contributed by atoms with Gasteiger partial charge in [0.1, 0.15) is 0 Å². The fraction of sp³-hybridized carbons (Fsp3) is 1.00. The van der Waals surface area contributed by atoms with E-state index in [9.17, 15) is 0 Å². The van der Waals surface area contributed by atoms with Gasteiger partial charge >= 0.3 is 0 Å². The van der Waals surface area contributed by atoms with E-state index in [1.165, 1.54) is 45.3 Å². The van der Waals surface area contributed by atoms with Crippen LogP contribution in [0.25, 0.3) is 0 Å². The van der Waals surface area contributed by atoms with Crippen molar-refractivity contribution in [2.24, 2.45) is 17.6 Å². The molecule has 0 aromatic heterocycles. The van der Waals surface area contributed by atoms with Crippen LogP contribution in [0.3, 0.4) is 0 Å². The Hall–Kier alpha value is -0.0800. The highest BCUT2D eigenvalue weighted by Gasteiger charge is 2.26. The first kappa shape index (κ1) is 8.52. The summed E-state index contributed by atoms with van der Waals surface area (Å²) in [5, 5.41) is 0. The zero-order valence-electron chi connectivity index (χ0n) is 7.84. The van der Waals surface area contributed by atoms with Gasteiger partial charge in [0.25, 0.3) is 0 Å². The Morgan fingerprint density at radius 3 is 2.67 bits per heavy atom. The molecule has 2 rings (SSSR count). The van der Waals surface area contributed by atoms with Crippen molar-refractivity contribution < 1.29 is 0 Å². The molecule has 1 heterocycles. The average molecular weight is 168 g/mol. The third-order valence-corrected chi connectivity index (χ3v) is 3.15. The topological polar surface area (TPSA) is 29.3 Å². The molecule has 1 saturated carbocycles. The number of nitrogens with two attached hydrogens (primary N) is 1. The Labute approximate surface area is 75.1 Å². The van der Waals surface area contributed by atoms with Crippen molar-refractivity contribution in [3.63, 3.8) is 0 Å². The lowest BCUT2D eigenvalue weighted by molar-refractivity contribution is 0.172. The van der Waals surface area contributed by atoms with Crippen LogP contribution in [0.5, 0.6) is 0 Å². The van der Waals surface area contributed by atoms with Gasteiger partial charge in [-0.05, 0) is 50.6 Å². The lowest BCUT2D eigenvalue weighted by Crippen LogP contribution is -2.39. The number of nitrogens with zero attached hydrogens (tertiary/aromatic N) is 1. The maximum atomic E-state index is 5.69. The summed E-state index contributed by atoms with van der Waals surface area (Å²) in [7, 11) is 0. The summed E-state index contributed by atoms with van der Waals surface area (Å²) in [6.07, 6.45) is 5.68. The van der Waals surface area contributed by atoms with Crippen LogP contribution in [0.15, 0.2) is 0 Å². The fourth-order valence-corrected chi connectivity index (χ4v) is 2.18. The van der Waals surface area contributed by atoms with Gasteiger partial charge in [-0.15, -0.1) is 0 Å². The predicted molar refractivity (Wildman–Crippen MR) is 50.9 cm³/mol. The third kappa shape index (κ3) is 2.20. The predicted octanol–water partition coefficient (Wildman–Crippen LogP) is 1.07. The van der Waals surface area contributed by atoms with E-state index in [1.807, 2.05) is 0 Å². The van der Waals surface area contributed by atoms with Crippen LogP contribution in [0, 0.1) is 11.8 Å². The van der Waals surface area contributed by atoms with Gasteiger partial charge in [0.15, 0.2) is 0 Å². The van der Waals surface area contributed by atoms with Gasteiger partial charge in [0.2, 0.25) is 0 Å². The Balaban J connectivity index is 1.73. The first-order valence-corrected chi connectivity index (χ1v) is 5.31. The average Bonchev–Trinajstić information content (AvgIpc) is 2.89. The smallest absolute Gasteiger partial charge is 0.00218 e. The highest BCUT2D eigenvalue weighted by molar-refractivity contribution is 4.81. The quantitative estimate of drug-likeness (QED) is 0.683. The van der Waals surface area contributed by atoms with Crippen molar-refractivity contribution in [1.29, 1.82) is 0 Å². The lowest BCUT2D eigenvalue weighted by Gasteiger charge is -2.32. The molecule has 1 saturated heterocycles. The zero-order valence-corrected chi connectivity index (χ0v) is 7.84. The number of hydrogen-bond donors (Lipinski definition) is 1. The summed E-state index contributed by atoms with van der Waals surface area (Å²) >= 11 is 0. The van der Waals surface area contributed by atoms with Gasteiger partial charge in [0, 0.05) is 13.1 Å². The van der Waals surface area contributed by atoms with Crippen LogP contribution in [-0.4, -0.2) is 31.1 Å². The molecular formula is C10H20N2. The van der Waals surface area contributed by atoms with Gasteiger partial charge in [-0.25, -0.2) is 0 Å². The van der Waals surface area contributed by atoms with Crippen molar-refractivity contribution in [3.8, 4) is 0 Å². The number of rotatable bonds is 3. The van der Waals surface area contributed by atoms with E-state index < -0.39 is 0 Å². The zero-order chi connectivity index (χ0) is 8.39. The molecule has 1 atom stereocenters. The Morgan fingerprint density at radius 2 is 2.00 bits per heavy atom. The Kier molecular flexibility index (Phi) is 2.66. The molecule has 0 bridgehead atoms. The molecule has 2 N–H and O–H groups in total. The molecule has 70 valence electrons. The van der Waals surface area contributed by atoms with Gasteiger partial charge in [-0.1, -0.05) is 0 Å². The van der Waals surface area contributed by atoms with E-state index >= 15 is 0 Å². The first-order chi connectivity index (χ1) is 5.88. The molecule has 2 aliphatic rings. The molecule has 0 unspecified atom stereocenters. The maximum absolute atomic E-state index is 5.69. The van der Waals surface area contributed by atoms with Crippen molar-refractivity contribution in [1.82, 2.24) is 4.90 Å². The molecule has 2 nitrogen and oxygen atoms in total. The second-order valence-electron chi connectivity index (χ2n) is 4.45. The molecule has 0 amide bonds. The van der Waals surface area contributed by atoms with Crippen LogP contribution in [0.2, 0.25) is 0 Å². The Morgan fingerprint density at radius 1 is 1.17 bits per heavy atom. The van der Waals surface area contributed by atoms with Crippen LogP contribution >= 0.6 is 0 Å². The molecule has 2 fully saturated rings. The summed E-state index contributed by atoms with van der Waals surface area (Å²) < 4.78 is 0. The van der Waals surface area contributed by atoms with Crippen molar-refractivity contribution in [2.75, 3.05) is 26.2 Å². The second-order valence-corrected chi connectivity index (χ2v) is 4.45. The Bertz CT molecular complexity index is 143. The summed E-state index contributed by atoms with van der Waals surface area (Å²) in [5.41, 5.74) is 5.69. The van der Waals surface area contributed by atoms with Crippen LogP contribution in [0.4, 0.5) is 0 Å². The highest BCUT2D eigenvalue weighted by atomic mass is 15.1. The van der Waals surface area contributed by atoms with Crippen molar-refractivity contribution >= 4 is 0 Å². The van der Waals surface area contributed by atoms with E-state index in [4.69, 9.17) is 5.73 Å². The highest BCUT2D eigenvalue weighted by Crippen LogP contribution is 2.30. The molecule has 0 aromatic carbocycles. The normalized spacial score (nSPS) is 32.2. The number of hydrogen-bond acceptors (Lipinski definition) is 2. The summed E-state index contributed by atoms with van der Waals surface area (Å²) in [4.78, 5) is 2.62. The van der Waals surface area contributed by atoms with Crippen LogP contribution < -0.4 is 5.73 Å². The van der Waals surface area contributed by atoms with Crippen molar-refractivity contribution in [3.05, 3.63) is 0 Å². The van der Waals surface area contributed by atoms with E-state index in [1.54, 1.807) is 0 Å². The summed E-state index contributed by atoms with van der Waals surface area (Å²) in [5.74, 6) is 1.83. The largest absolute Gasteiger partial charge is 0.330 e. The van der Waals surface area contributed by atoms with E-state index in [0.29, 0.717) is 0 Å².